The molecule has 4 heteroatoms. The Labute approximate surface area is 198 Å². The van der Waals surface area contributed by atoms with E-state index in [1.807, 2.05) is 42.5 Å². The topological polar surface area (TPSA) is 38.3 Å². The summed E-state index contributed by atoms with van der Waals surface area (Å²) in [6.07, 6.45) is 6.79. The second-order valence-electron chi connectivity index (χ2n) is 9.40. The standard InChI is InChI=1S/C29H31NO2Si/c1-29(2,3)33(24-15-9-5-10-16-24,25-17-11-6-12-18-25)32-28-26(30-22-21-27(28)31)20-19-23-13-7-4-8-14-23/h4-22,26,28,30H,1-3H3/b20-19+/t26-,28+/m1/s1. The highest BCUT2D eigenvalue weighted by Crippen LogP contribution is 2.38. The van der Waals surface area contributed by atoms with Crippen molar-refractivity contribution in [2.75, 3.05) is 0 Å². The third-order valence-corrected chi connectivity index (χ3v) is 11.2. The van der Waals surface area contributed by atoms with Gasteiger partial charge < -0.3 is 9.74 Å². The van der Waals surface area contributed by atoms with E-state index in [1.54, 1.807) is 12.3 Å². The highest BCUT2D eigenvalue weighted by Gasteiger charge is 2.53. The molecule has 0 spiro atoms. The molecule has 1 aliphatic heterocycles. The van der Waals surface area contributed by atoms with Gasteiger partial charge in [-0.25, -0.2) is 0 Å². The van der Waals surface area contributed by atoms with Gasteiger partial charge in [-0.3, -0.25) is 4.79 Å². The molecule has 0 saturated heterocycles. The monoisotopic (exact) mass is 453 g/mol. The molecule has 1 N–H and O–H groups in total. The summed E-state index contributed by atoms with van der Waals surface area (Å²) in [6, 6.07) is 30.7. The van der Waals surface area contributed by atoms with E-state index in [9.17, 15) is 4.79 Å². The summed E-state index contributed by atoms with van der Waals surface area (Å²) in [5.41, 5.74) is 1.09. The molecule has 4 rings (SSSR count). The van der Waals surface area contributed by atoms with Crippen LogP contribution in [0.5, 0.6) is 0 Å². The Morgan fingerprint density at radius 2 is 1.33 bits per heavy atom. The zero-order chi connectivity index (χ0) is 23.3. The maximum Gasteiger partial charge on any atom is 0.262 e. The third kappa shape index (κ3) is 4.77. The van der Waals surface area contributed by atoms with E-state index in [0.717, 1.165) is 15.9 Å². The van der Waals surface area contributed by atoms with Gasteiger partial charge in [0.1, 0.15) is 6.10 Å². The van der Waals surface area contributed by atoms with Crippen LogP contribution in [-0.4, -0.2) is 26.2 Å². The summed E-state index contributed by atoms with van der Waals surface area (Å²) in [5.74, 6) is -0.00977. The van der Waals surface area contributed by atoms with Gasteiger partial charge in [-0.05, 0) is 27.1 Å². The van der Waals surface area contributed by atoms with Crippen LogP contribution < -0.4 is 15.7 Å². The van der Waals surface area contributed by atoms with Crippen molar-refractivity contribution in [3.05, 3.63) is 115 Å². The van der Waals surface area contributed by atoms with Gasteiger partial charge in [-0.1, -0.05) is 124 Å². The van der Waals surface area contributed by atoms with Crippen LogP contribution in [0.15, 0.2) is 109 Å². The number of nitrogens with one attached hydrogen (secondary N) is 1. The van der Waals surface area contributed by atoms with E-state index in [2.05, 4.69) is 86.8 Å². The van der Waals surface area contributed by atoms with Gasteiger partial charge in [-0.2, -0.15) is 0 Å². The van der Waals surface area contributed by atoms with E-state index in [0.29, 0.717) is 0 Å². The minimum Gasteiger partial charge on any atom is -0.395 e. The molecular formula is C29H31NO2Si. The molecule has 0 fully saturated rings. The Morgan fingerprint density at radius 3 is 1.85 bits per heavy atom. The third-order valence-electron chi connectivity index (χ3n) is 6.16. The van der Waals surface area contributed by atoms with Gasteiger partial charge in [0.15, 0.2) is 5.78 Å². The lowest BCUT2D eigenvalue weighted by Crippen LogP contribution is -2.69. The number of carbonyl (C=O) groups excluding carboxylic acids is 1. The predicted octanol–water partition coefficient (Wildman–Crippen LogP) is 4.70. The lowest BCUT2D eigenvalue weighted by atomic mass is 10.0. The number of hydrogen-bond acceptors (Lipinski definition) is 3. The molecule has 0 radical (unpaired) electrons. The van der Waals surface area contributed by atoms with Crippen molar-refractivity contribution in [1.82, 2.24) is 5.32 Å². The lowest BCUT2D eigenvalue weighted by molar-refractivity contribution is -0.122. The number of benzene rings is 3. The van der Waals surface area contributed by atoms with Crippen molar-refractivity contribution >= 4 is 30.6 Å². The molecule has 0 amide bonds. The summed E-state index contributed by atoms with van der Waals surface area (Å²) in [4.78, 5) is 13.2. The highest BCUT2D eigenvalue weighted by atomic mass is 28.4. The molecule has 33 heavy (non-hydrogen) atoms. The van der Waals surface area contributed by atoms with Crippen LogP contribution >= 0.6 is 0 Å². The molecule has 168 valence electrons. The largest absolute Gasteiger partial charge is 0.395 e. The Kier molecular flexibility index (Phi) is 6.77. The smallest absolute Gasteiger partial charge is 0.262 e. The number of ketones is 1. The Hall–Kier alpha value is -3.21. The second kappa shape index (κ2) is 9.73. The molecule has 0 bridgehead atoms. The number of rotatable bonds is 6. The number of hydrogen-bond donors (Lipinski definition) is 1. The average molecular weight is 454 g/mol. The zero-order valence-corrected chi connectivity index (χ0v) is 20.4. The molecular weight excluding hydrogens is 422 g/mol. The average Bonchev–Trinajstić information content (AvgIpc) is 2.83. The molecule has 0 aliphatic carbocycles. The van der Waals surface area contributed by atoms with Crippen LogP contribution in [0.25, 0.3) is 6.08 Å². The van der Waals surface area contributed by atoms with Crippen LogP contribution in [0.1, 0.15) is 26.3 Å². The maximum absolute atomic E-state index is 13.2. The van der Waals surface area contributed by atoms with Crippen molar-refractivity contribution in [2.45, 2.75) is 38.0 Å². The van der Waals surface area contributed by atoms with E-state index in [4.69, 9.17) is 4.43 Å². The van der Waals surface area contributed by atoms with E-state index in [1.165, 1.54) is 0 Å². The first-order valence-corrected chi connectivity index (χ1v) is 13.3. The highest BCUT2D eigenvalue weighted by molar-refractivity contribution is 6.99. The van der Waals surface area contributed by atoms with E-state index in [-0.39, 0.29) is 16.9 Å². The lowest BCUT2D eigenvalue weighted by Gasteiger charge is -2.46. The summed E-state index contributed by atoms with van der Waals surface area (Å²) < 4.78 is 7.15. The van der Waals surface area contributed by atoms with Gasteiger partial charge in [0.2, 0.25) is 0 Å². The molecule has 0 aromatic heterocycles. The second-order valence-corrected chi connectivity index (χ2v) is 13.7. The minimum atomic E-state index is -2.86. The first kappa shape index (κ1) is 23.0. The number of carbonyl (C=O) groups is 1. The molecule has 3 nitrogen and oxygen atoms in total. The fourth-order valence-corrected chi connectivity index (χ4v) is 9.21. The fraction of sp³-hybridized carbons (Fsp3) is 0.207. The summed E-state index contributed by atoms with van der Waals surface area (Å²) in [6.45, 7) is 6.68. The van der Waals surface area contributed by atoms with Gasteiger partial charge in [0.25, 0.3) is 8.32 Å². The molecule has 3 aromatic carbocycles. The van der Waals surface area contributed by atoms with E-state index >= 15 is 0 Å². The maximum atomic E-state index is 13.2. The summed E-state index contributed by atoms with van der Waals surface area (Å²) >= 11 is 0. The van der Waals surface area contributed by atoms with Crippen LogP contribution in [0.4, 0.5) is 0 Å². The molecule has 0 saturated carbocycles. The van der Waals surface area contributed by atoms with Crippen molar-refractivity contribution in [3.63, 3.8) is 0 Å². The van der Waals surface area contributed by atoms with Crippen LogP contribution in [-0.2, 0) is 9.22 Å². The molecule has 1 heterocycles. The van der Waals surface area contributed by atoms with Gasteiger partial charge in [-0.15, -0.1) is 0 Å². The minimum absolute atomic E-state index is 0.00977. The molecule has 3 aromatic rings. The van der Waals surface area contributed by atoms with Gasteiger partial charge in [0.05, 0.1) is 6.04 Å². The molecule has 0 unspecified atom stereocenters. The normalized spacial score (nSPS) is 18.9. The van der Waals surface area contributed by atoms with Crippen molar-refractivity contribution in [1.29, 1.82) is 0 Å². The Balaban J connectivity index is 1.81. The van der Waals surface area contributed by atoms with Crippen LogP contribution in [0, 0.1) is 0 Å². The quantitative estimate of drug-likeness (QED) is 0.550. The van der Waals surface area contributed by atoms with Gasteiger partial charge >= 0.3 is 0 Å². The predicted molar refractivity (Wildman–Crippen MR) is 139 cm³/mol. The zero-order valence-electron chi connectivity index (χ0n) is 19.4. The van der Waals surface area contributed by atoms with Crippen LogP contribution in [0.3, 0.4) is 0 Å². The van der Waals surface area contributed by atoms with Crippen molar-refractivity contribution in [2.24, 2.45) is 0 Å². The Morgan fingerprint density at radius 1 is 0.818 bits per heavy atom. The van der Waals surface area contributed by atoms with Crippen molar-refractivity contribution < 1.29 is 9.22 Å². The fourth-order valence-electron chi connectivity index (χ4n) is 4.55. The first-order chi connectivity index (χ1) is 15.9. The summed E-state index contributed by atoms with van der Waals surface area (Å²) in [5, 5.41) is 5.48. The van der Waals surface area contributed by atoms with Crippen LogP contribution in [0.2, 0.25) is 5.04 Å². The first-order valence-electron chi connectivity index (χ1n) is 11.4. The van der Waals surface area contributed by atoms with Crippen molar-refractivity contribution in [3.8, 4) is 0 Å². The SMILES string of the molecule is CC(C)(C)[Si](O[C@@H]1C(=O)C=CN[C@@H]1/C=C/c1ccccc1)(c1ccccc1)c1ccccc1. The Bertz CT molecular complexity index is 1080. The molecule has 1 aliphatic rings. The summed E-state index contributed by atoms with van der Waals surface area (Å²) in [7, 11) is -2.86. The van der Waals surface area contributed by atoms with Gasteiger partial charge in [0, 0.05) is 6.20 Å². The molecule has 2 atom stereocenters. The van der Waals surface area contributed by atoms with E-state index < -0.39 is 14.4 Å².